The Labute approximate surface area is 151 Å². The van der Waals surface area contributed by atoms with E-state index in [2.05, 4.69) is 0 Å². The smallest absolute Gasteiger partial charge is 0.306 e. The molecule has 0 bridgehead atoms. The minimum absolute atomic E-state index is 0.171. The number of aryl methyl sites for hydroxylation is 1. The summed E-state index contributed by atoms with van der Waals surface area (Å²) in [6, 6.07) is 12.7. The van der Waals surface area contributed by atoms with Crippen LogP contribution < -0.4 is 4.74 Å². The summed E-state index contributed by atoms with van der Waals surface area (Å²) in [5.74, 6) is -1.23. The Balaban J connectivity index is 1.80. The van der Waals surface area contributed by atoms with Gasteiger partial charge in [-0.1, -0.05) is 48.9 Å². The van der Waals surface area contributed by atoms with E-state index < -0.39 is 23.6 Å². The zero-order valence-electron chi connectivity index (χ0n) is 14.8. The first-order valence-corrected chi connectivity index (χ1v) is 8.60. The van der Waals surface area contributed by atoms with Gasteiger partial charge < -0.3 is 9.47 Å². The van der Waals surface area contributed by atoms with Crippen molar-refractivity contribution in [3.8, 4) is 5.75 Å². The normalized spacial score (nSPS) is 15.7. The third-order valence-corrected chi connectivity index (χ3v) is 4.23. The number of hydrogen-bond donors (Lipinski definition) is 0. The molecule has 5 nitrogen and oxygen atoms in total. The highest BCUT2D eigenvalue weighted by atomic mass is 16.6. The summed E-state index contributed by atoms with van der Waals surface area (Å²) < 4.78 is 10.9. The van der Waals surface area contributed by atoms with Crippen molar-refractivity contribution in [2.45, 2.75) is 39.4 Å². The molecule has 0 aliphatic heterocycles. The van der Waals surface area contributed by atoms with Crippen LogP contribution in [-0.2, 0) is 16.1 Å². The van der Waals surface area contributed by atoms with Crippen molar-refractivity contribution in [1.82, 2.24) is 0 Å². The molecule has 0 radical (unpaired) electrons. The molecular formula is C21H20O5. The van der Waals surface area contributed by atoms with E-state index in [1.807, 2.05) is 38.1 Å². The molecule has 0 aromatic heterocycles. The highest BCUT2D eigenvalue weighted by Crippen LogP contribution is 2.32. The second-order valence-electron chi connectivity index (χ2n) is 6.30. The fourth-order valence-electron chi connectivity index (χ4n) is 2.85. The molecule has 0 spiro atoms. The minimum Gasteiger partial charge on any atom is -0.488 e. The SMILES string of the molecule is CCCC(=O)OC1C(=O)c2cccc(OCc3ccc(C)cc3)c2C1=O. The van der Waals surface area contributed by atoms with E-state index >= 15 is 0 Å². The van der Waals surface area contributed by atoms with Crippen LogP contribution in [0.3, 0.4) is 0 Å². The molecule has 2 aromatic rings. The maximum Gasteiger partial charge on any atom is 0.306 e. The van der Waals surface area contributed by atoms with Crippen molar-refractivity contribution in [3.05, 3.63) is 64.7 Å². The molecule has 134 valence electrons. The van der Waals surface area contributed by atoms with Crippen molar-refractivity contribution in [2.75, 3.05) is 0 Å². The fraction of sp³-hybridized carbons (Fsp3) is 0.286. The highest BCUT2D eigenvalue weighted by Gasteiger charge is 2.43. The molecule has 0 saturated heterocycles. The summed E-state index contributed by atoms with van der Waals surface area (Å²) in [7, 11) is 0. The number of ketones is 2. The molecule has 1 unspecified atom stereocenters. The van der Waals surface area contributed by atoms with Crippen molar-refractivity contribution < 1.29 is 23.9 Å². The van der Waals surface area contributed by atoms with Crippen molar-refractivity contribution in [1.29, 1.82) is 0 Å². The molecule has 0 amide bonds. The summed E-state index contributed by atoms with van der Waals surface area (Å²) in [5, 5.41) is 0. The molecule has 3 rings (SSSR count). The highest BCUT2D eigenvalue weighted by molar-refractivity contribution is 6.30. The van der Waals surface area contributed by atoms with Crippen LogP contribution in [0.5, 0.6) is 5.75 Å². The second-order valence-corrected chi connectivity index (χ2v) is 6.30. The number of hydrogen-bond acceptors (Lipinski definition) is 5. The predicted molar refractivity (Wildman–Crippen MR) is 95.4 cm³/mol. The van der Waals surface area contributed by atoms with Crippen LogP contribution in [0.1, 0.15) is 51.6 Å². The number of carbonyl (C=O) groups excluding carboxylic acids is 3. The Morgan fingerprint density at radius 3 is 2.46 bits per heavy atom. The largest absolute Gasteiger partial charge is 0.488 e. The first-order chi connectivity index (χ1) is 12.5. The maximum atomic E-state index is 12.6. The first kappa shape index (κ1) is 17.9. The van der Waals surface area contributed by atoms with Gasteiger partial charge in [0.05, 0.1) is 5.56 Å². The fourth-order valence-corrected chi connectivity index (χ4v) is 2.85. The predicted octanol–water partition coefficient (Wildman–Crippen LogP) is 3.66. The van der Waals surface area contributed by atoms with Crippen LogP contribution in [0, 0.1) is 6.92 Å². The lowest BCUT2D eigenvalue weighted by atomic mass is 10.1. The molecule has 5 heteroatoms. The second kappa shape index (κ2) is 7.52. The lowest BCUT2D eigenvalue weighted by molar-refractivity contribution is -0.145. The quantitative estimate of drug-likeness (QED) is 0.586. The van der Waals surface area contributed by atoms with Gasteiger partial charge in [0.2, 0.25) is 17.7 Å². The minimum atomic E-state index is -1.40. The number of fused-ring (bicyclic) bond motifs is 1. The van der Waals surface area contributed by atoms with Gasteiger partial charge in [-0.2, -0.15) is 0 Å². The average Bonchev–Trinajstić information content (AvgIpc) is 2.87. The van der Waals surface area contributed by atoms with Crippen LogP contribution in [0.2, 0.25) is 0 Å². The zero-order valence-corrected chi connectivity index (χ0v) is 14.8. The molecule has 0 heterocycles. The molecule has 0 saturated carbocycles. The standard InChI is InChI=1S/C21H20O5/c1-3-5-17(22)26-21-19(23)15-6-4-7-16(18(15)20(21)24)25-12-14-10-8-13(2)9-11-14/h4,6-11,21H,3,5,12H2,1-2H3. The van der Waals surface area contributed by atoms with Gasteiger partial charge in [0.15, 0.2) is 0 Å². The topological polar surface area (TPSA) is 69.7 Å². The van der Waals surface area contributed by atoms with Gasteiger partial charge in [0, 0.05) is 12.0 Å². The monoisotopic (exact) mass is 352 g/mol. The van der Waals surface area contributed by atoms with Gasteiger partial charge in [-0.3, -0.25) is 14.4 Å². The van der Waals surface area contributed by atoms with Crippen LogP contribution in [0.15, 0.2) is 42.5 Å². The summed E-state index contributed by atoms with van der Waals surface area (Å²) in [6.07, 6.45) is -0.635. The van der Waals surface area contributed by atoms with E-state index in [-0.39, 0.29) is 24.2 Å². The van der Waals surface area contributed by atoms with Gasteiger partial charge in [-0.15, -0.1) is 0 Å². The Morgan fingerprint density at radius 1 is 1.04 bits per heavy atom. The van der Waals surface area contributed by atoms with E-state index in [0.717, 1.165) is 11.1 Å². The average molecular weight is 352 g/mol. The number of esters is 1. The Hall–Kier alpha value is -2.95. The number of benzene rings is 2. The van der Waals surface area contributed by atoms with Crippen LogP contribution >= 0.6 is 0 Å². The summed E-state index contributed by atoms with van der Waals surface area (Å²) >= 11 is 0. The molecule has 0 fully saturated rings. The molecule has 0 N–H and O–H groups in total. The molecule has 1 aliphatic carbocycles. The third kappa shape index (κ3) is 3.52. The van der Waals surface area contributed by atoms with Gasteiger partial charge in [-0.05, 0) is 25.0 Å². The molecule has 1 atom stereocenters. The van der Waals surface area contributed by atoms with Crippen molar-refractivity contribution in [3.63, 3.8) is 0 Å². The van der Waals surface area contributed by atoms with E-state index in [4.69, 9.17) is 9.47 Å². The Kier molecular flexibility index (Phi) is 5.16. The summed E-state index contributed by atoms with van der Waals surface area (Å²) in [6.45, 7) is 4.10. The third-order valence-electron chi connectivity index (χ3n) is 4.23. The van der Waals surface area contributed by atoms with Crippen molar-refractivity contribution >= 4 is 17.5 Å². The number of ether oxygens (including phenoxy) is 2. The van der Waals surface area contributed by atoms with Gasteiger partial charge in [0.25, 0.3) is 0 Å². The van der Waals surface area contributed by atoms with E-state index in [1.165, 1.54) is 0 Å². The van der Waals surface area contributed by atoms with E-state index in [1.54, 1.807) is 18.2 Å². The summed E-state index contributed by atoms with van der Waals surface area (Å²) in [5.41, 5.74) is 2.53. The number of Topliss-reactive ketones (excluding diaryl/α,β-unsaturated/α-hetero) is 2. The number of rotatable bonds is 6. The Bertz CT molecular complexity index is 851. The van der Waals surface area contributed by atoms with E-state index in [0.29, 0.717) is 12.2 Å². The molecule has 26 heavy (non-hydrogen) atoms. The van der Waals surface area contributed by atoms with Gasteiger partial charge in [-0.25, -0.2) is 0 Å². The number of carbonyl (C=O) groups is 3. The van der Waals surface area contributed by atoms with Gasteiger partial charge >= 0.3 is 5.97 Å². The zero-order chi connectivity index (χ0) is 18.7. The first-order valence-electron chi connectivity index (χ1n) is 8.60. The summed E-state index contributed by atoms with van der Waals surface area (Å²) in [4.78, 5) is 36.8. The lowest BCUT2D eigenvalue weighted by Gasteiger charge is -2.10. The van der Waals surface area contributed by atoms with Crippen LogP contribution in [0.25, 0.3) is 0 Å². The van der Waals surface area contributed by atoms with Crippen molar-refractivity contribution in [2.24, 2.45) is 0 Å². The Morgan fingerprint density at radius 2 is 1.77 bits per heavy atom. The van der Waals surface area contributed by atoms with Crippen LogP contribution in [-0.4, -0.2) is 23.6 Å². The molecular weight excluding hydrogens is 332 g/mol. The van der Waals surface area contributed by atoms with Crippen LogP contribution in [0.4, 0.5) is 0 Å². The lowest BCUT2D eigenvalue weighted by Crippen LogP contribution is -2.28. The maximum absolute atomic E-state index is 12.6. The molecule has 2 aromatic carbocycles. The van der Waals surface area contributed by atoms with Gasteiger partial charge in [0.1, 0.15) is 12.4 Å². The molecule has 1 aliphatic rings. The van der Waals surface area contributed by atoms with E-state index in [9.17, 15) is 14.4 Å².